The summed E-state index contributed by atoms with van der Waals surface area (Å²) < 4.78 is 0.919. The van der Waals surface area contributed by atoms with Gasteiger partial charge in [0.2, 0.25) is 5.91 Å². The summed E-state index contributed by atoms with van der Waals surface area (Å²) in [6.07, 6.45) is 5.17. The van der Waals surface area contributed by atoms with Gasteiger partial charge in [-0.2, -0.15) is 0 Å². The van der Waals surface area contributed by atoms with Crippen LogP contribution < -0.4 is 10.6 Å². The molecular weight excluding hydrogens is 360 g/mol. The monoisotopic (exact) mass is 376 g/mol. The number of rotatable bonds is 8. The Morgan fingerprint density at radius 2 is 1.83 bits per heavy atom. The van der Waals surface area contributed by atoms with Gasteiger partial charge in [0, 0.05) is 48.4 Å². The number of ketones is 1. The summed E-state index contributed by atoms with van der Waals surface area (Å²) in [5.41, 5.74) is 0.616. The molecule has 0 saturated heterocycles. The zero-order valence-electron chi connectivity index (χ0n) is 12.5. The summed E-state index contributed by atoms with van der Waals surface area (Å²) >= 11 is 3.32. The highest BCUT2D eigenvalue weighted by atomic mass is 79.9. The second kappa shape index (κ2) is 8.99. The van der Waals surface area contributed by atoms with E-state index in [-0.39, 0.29) is 24.5 Å². The van der Waals surface area contributed by atoms with Gasteiger partial charge in [-0.15, -0.1) is 0 Å². The van der Waals surface area contributed by atoms with Crippen LogP contribution in [-0.4, -0.2) is 34.7 Å². The van der Waals surface area contributed by atoms with Crippen LogP contribution >= 0.6 is 15.9 Å². The zero-order chi connectivity index (χ0) is 16.5. The van der Waals surface area contributed by atoms with Crippen LogP contribution in [0.1, 0.15) is 23.2 Å². The van der Waals surface area contributed by atoms with E-state index in [1.165, 1.54) is 0 Å². The minimum Gasteiger partial charge on any atom is -0.367 e. The molecule has 1 amide bonds. The highest BCUT2D eigenvalue weighted by Crippen LogP contribution is 2.12. The molecule has 0 aliphatic carbocycles. The maximum absolute atomic E-state index is 12.0. The van der Waals surface area contributed by atoms with Crippen LogP contribution in [-0.2, 0) is 4.79 Å². The van der Waals surface area contributed by atoms with Gasteiger partial charge in [0.05, 0.1) is 6.20 Å². The highest BCUT2D eigenvalue weighted by molar-refractivity contribution is 9.10. The third kappa shape index (κ3) is 6.15. The van der Waals surface area contributed by atoms with Crippen molar-refractivity contribution < 1.29 is 9.59 Å². The van der Waals surface area contributed by atoms with E-state index in [0.717, 1.165) is 4.47 Å². The smallest absolute Gasteiger partial charge is 0.220 e. The van der Waals surface area contributed by atoms with Gasteiger partial charge in [-0.25, -0.2) is 4.98 Å². The van der Waals surface area contributed by atoms with E-state index >= 15 is 0 Å². The molecule has 6 nitrogen and oxygen atoms in total. The van der Waals surface area contributed by atoms with E-state index in [1.807, 2.05) is 12.1 Å². The number of benzene rings is 1. The van der Waals surface area contributed by atoms with Gasteiger partial charge in [-0.05, 0) is 12.1 Å². The van der Waals surface area contributed by atoms with E-state index in [4.69, 9.17) is 0 Å². The number of carbonyl (C=O) groups is 2. The quantitative estimate of drug-likeness (QED) is 0.545. The third-order valence-electron chi connectivity index (χ3n) is 3.06. The molecule has 0 fully saturated rings. The van der Waals surface area contributed by atoms with Crippen LogP contribution in [0.15, 0.2) is 47.3 Å². The van der Waals surface area contributed by atoms with Crippen LogP contribution in [0.5, 0.6) is 0 Å². The van der Waals surface area contributed by atoms with Crippen LogP contribution in [0.4, 0.5) is 5.82 Å². The minimum atomic E-state index is -0.142. The molecule has 0 unspecified atom stereocenters. The van der Waals surface area contributed by atoms with Gasteiger partial charge in [0.25, 0.3) is 0 Å². The van der Waals surface area contributed by atoms with E-state index in [9.17, 15) is 9.59 Å². The second-order valence-electron chi connectivity index (χ2n) is 4.80. The van der Waals surface area contributed by atoms with Crippen molar-refractivity contribution in [3.05, 3.63) is 52.9 Å². The Bertz CT molecular complexity index is 647. The number of Topliss-reactive ketones (excluding diaryl/α,β-unsaturated/α-hetero) is 1. The molecular formula is C16H17BrN4O2. The van der Waals surface area contributed by atoms with Gasteiger partial charge in [-0.3, -0.25) is 14.6 Å². The fraction of sp³-hybridized carbons (Fsp3) is 0.250. The van der Waals surface area contributed by atoms with Crippen molar-refractivity contribution in [1.29, 1.82) is 0 Å². The van der Waals surface area contributed by atoms with Crippen molar-refractivity contribution in [3.63, 3.8) is 0 Å². The highest BCUT2D eigenvalue weighted by Gasteiger charge is 2.09. The summed E-state index contributed by atoms with van der Waals surface area (Å²) in [7, 11) is 0. The maximum Gasteiger partial charge on any atom is 0.220 e. The first-order chi connectivity index (χ1) is 11.1. The standard InChI is InChI=1S/C16H17BrN4O2/c17-13-3-1-12(2-4-13)14(22)5-6-16(23)21-10-9-20-15-11-18-7-8-19-15/h1-4,7-8,11H,5-6,9-10H2,(H,19,20)(H,21,23). The summed E-state index contributed by atoms with van der Waals surface area (Å²) in [5.74, 6) is 0.480. The molecule has 7 heteroatoms. The van der Waals surface area contributed by atoms with Gasteiger partial charge >= 0.3 is 0 Å². The Labute approximate surface area is 142 Å². The van der Waals surface area contributed by atoms with Crippen LogP contribution in [0, 0.1) is 0 Å². The molecule has 0 spiro atoms. The first kappa shape index (κ1) is 17.1. The number of nitrogens with zero attached hydrogens (tertiary/aromatic N) is 2. The average Bonchev–Trinajstić information content (AvgIpc) is 2.58. The number of anilines is 1. The molecule has 0 bridgehead atoms. The summed E-state index contributed by atoms with van der Waals surface area (Å²) in [6, 6.07) is 7.11. The minimum absolute atomic E-state index is 0.0367. The van der Waals surface area contributed by atoms with Crippen molar-refractivity contribution in [1.82, 2.24) is 15.3 Å². The van der Waals surface area contributed by atoms with Gasteiger partial charge in [0.1, 0.15) is 5.82 Å². The largest absolute Gasteiger partial charge is 0.367 e. The Hall–Kier alpha value is -2.28. The number of hydrogen-bond donors (Lipinski definition) is 2. The Balaban J connectivity index is 1.63. The van der Waals surface area contributed by atoms with Gasteiger partial charge in [-0.1, -0.05) is 28.1 Å². The number of halogens is 1. The van der Waals surface area contributed by atoms with E-state index in [2.05, 4.69) is 36.5 Å². The Morgan fingerprint density at radius 3 is 2.52 bits per heavy atom. The van der Waals surface area contributed by atoms with Crippen LogP contribution in [0.2, 0.25) is 0 Å². The van der Waals surface area contributed by atoms with E-state index in [0.29, 0.717) is 24.5 Å². The lowest BCUT2D eigenvalue weighted by Gasteiger charge is -2.07. The van der Waals surface area contributed by atoms with Crippen molar-refractivity contribution in [2.24, 2.45) is 0 Å². The van der Waals surface area contributed by atoms with Crippen molar-refractivity contribution in [3.8, 4) is 0 Å². The fourth-order valence-electron chi connectivity index (χ4n) is 1.88. The predicted molar refractivity (Wildman–Crippen MR) is 91.2 cm³/mol. The Morgan fingerprint density at radius 1 is 1.04 bits per heavy atom. The number of aromatic nitrogens is 2. The van der Waals surface area contributed by atoms with Crippen molar-refractivity contribution >= 4 is 33.4 Å². The average molecular weight is 377 g/mol. The molecule has 0 aliphatic heterocycles. The SMILES string of the molecule is O=C(CCC(=O)c1ccc(Br)cc1)NCCNc1cnccn1. The molecule has 1 heterocycles. The molecule has 0 radical (unpaired) electrons. The van der Waals surface area contributed by atoms with E-state index < -0.39 is 0 Å². The molecule has 23 heavy (non-hydrogen) atoms. The van der Waals surface area contributed by atoms with Gasteiger partial charge in [0.15, 0.2) is 5.78 Å². The van der Waals surface area contributed by atoms with Gasteiger partial charge < -0.3 is 10.6 Å². The summed E-state index contributed by atoms with van der Waals surface area (Å²) in [4.78, 5) is 31.7. The predicted octanol–water partition coefficient (Wildman–Crippen LogP) is 2.43. The van der Waals surface area contributed by atoms with Crippen LogP contribution in [0.3, 0.4) is 0 Å². The number of carbonyl (C=O) groups excluding carboxylic acids is 2. The fourth-order valence-corrected chi connectivity index (χ4v) is 2.14. The first-order valence-corrected chi connectivity index (χ1v) is 8.00. The molecule has 2 aromatic rings. The van der Waals surface area contributed by atoms with Crippen molar-refractivity contribution in [2.75, 3.05) is 18.4 Å². The zero-order valence-corrected chi connectivity index (χ0v) is 14.0. The molecule has 2 N–H and O–H groups in total. The second-order valence-corrected chi connectivity index (χ2v) is 5.71. The first-order valence-electron chi connectivity index (χ1n) is 7.20. The van der Waals surface area contributed by atoms with Crippen molar-refractivity contribution in [2.45, 2.75) is 12.8 Å². The molecule has 2 rings (SSSR count). The molecule has 1 aromatic heterocycles. The lowest BCUT2D eigenvalue weighted by molar-refractivity contribution is -0.120. The number of amides is 1. The molecule has 1 aromatic carbocycles. The third-order valence-corrected chi connectivity index (χ3v) is 3.59. The molecule has 0 aliphatic rings. The number of hydrogen-bond acceptors (Lipinski definition) is 5. The molecule has 120 valence electrons. The summed E-state index contributed by atoms with van der Waals surface area (Å²) in [6.45, 7) is 1.01. The maximum atomic E-state index is 12.0. The topological polar surface area (TPSA) is 84.0 Å². The summed E-state index contributed by atoms with van der Waals surface area (Å²) in [5, 5.41) is 5.80. The number of nitrogens with one attached hydrogen (secondary N) is 2. The lowest BCUT2D eigenvalue weighted by Crippen LogP contribution is -2.29. The van der Waals surface area contributed by atoms with E-state index in [1.54, 1.807) is 30.7 Å². The lowest BCUT2D eigenvalue weighted by atomic mass is 10.1. The molecule has 0 atom stereocenters. The normalized spacial score (nSPS) is 10.1. The van der Waals surface area contributed by atoms with Crippen LogP contribution in [0.25, 0.3) is 0 Å². The molecule has 0 saturated carbocycles. The Kier molecular flexibility index (Phi) is 6.68.